The normalized spacial score (nSPS) is 17.0. The second-order valence-corrected chi connectivity index (χ2v) is 10.3. The highest BCUT2D eigenvalue weighted by molar-refractivity contribution is 7.96. The smallest absolute Gasteiger partial charge is 0.267 e. The van der Waals surface area contributed by atoms with Crippen molar-refractivity contribution in [3.63, 3.8) is 0 Å². The van der Waals surface area contributed by atoms with Gasteiger partial charge in [-0.15, -0.1) is 0 Å². The van der Waals surface area contributed by atoms with Crippen molar-refractivity contribution < 1.29 is 17.9 Å². The molecule has 2 aliphatic heterocycles. The maximum atomic E-state index is 13.4. The Morgan fingerprint density at radius 1 is 0.824 bits per heavy atom. The fraction of sp³-hybridized carbons (Fsp3) is 0.222. The molecule has 0 aromatic heterocycles. The lowest BCUT2D eigenvalue weighted by Crippen LogP contribution is -2.39. The highest BCUT2D eigenvalue weighted by Crippen LogP contribution is 2.40. The Morgan fingerprint density at radius 3 is 2.24 bits per heavy atom. The molecule has 0 aliphatic carbocycles. The minimum atomic E-state index is -3.92. The van der Waals surface area contributed by atoms with E-state index in [1.54, 1.807) is 34.1 Å². The van der Waals surface area contributed by atoms with E-state index in [4.69, 9.17) is 4.74 Å². The number of benzene rings is 3. The molecule has 3 aromatic carbocycles. The van der Waals surface area contributed by atoms with Gasteiger partial charge in [-0.2, -0.15) is 0 Å². The van der Waals surface area contributed by atoms with Crippen molar-refractivity contribution in [1.29, 1.82) is 0 Å². The number of carbonyl (C=O) groups excluding carboxylic acids is 1. The molecule has 2 aliphatic rings. The molecular formula is C27H26N2O4S. The summed E-state index contributed by atoms with van der Waals surface area (Å²) in [5, 5.41) is 0. The third kappa shape index (κ3) is 4.31. The van der Waals surface area contributed by atoms with Gasteiger partial charge in [-0.05, 0) is 61.2 Å². The van der Waals surface area contributed by atoms with Gasteiger partial charge in [-0.25, -0.2) is 8.42 Å². The zero-order chi connectivity index (χ0) is 23.5. The third-order valence-corrected chi connectivity index (χ3v) is 7.95. The van der Waals surface area contributed by atoms with E-state index in [1.165, 1.54) is 6.20 Å². The van der Waals surface area contributed by atoms with Crippen LogP contribution in [0.5, 0.6) is 5.75 Å². The van der Waals surface area contributed by atoms with E-state index in [9.17, 15) is 13.2 Å². The van der Waals surface area contributed by atoms with Gasteiger partial charge in [0, 0.05) is 25.0 Å². The average Bonchev–Trinajstić information content (AvgIpc) is 2.89. The lowest BCUT2D eigenvalue weighted by Gasteiger charge is -2.32. The highest BCUT2D eigenvalue weighted by atomic mass is 32.2. The number of likely N-dealkylation sites (tertiary alicyclic amines) is 1. The van der Waals surface area contributed by atoms with Crippen LogP contribution in [0.2, 0.25) is 0 Å². The van der Waals surface area contributed by atoms with E-state index < -0.39 is 15.7 Å². The number of piperidine rings is 1. The van der Waals surface area contributed by atoms with Crippen molar-refractivity contribution >= 4 is 27.1 Å². The molecule has 0 radical (unpaired) electrons. The molecule has 7 heteroatoms. The van der Waals surface area contributed by atoms with E-state index in [1.807, 2.05) is 54.6 Å². The molecule has 0 N–H and O–H groups in total. The van der Waals surface area contributed by atoms with Crippen LogP contribution in [0.4, 0.5) is 11.4 Å². The van der Waals surface area contributed by atoms with Crippen LogP contribution in [-0.4, -0.2) is 32.3 Å². The lowest BCUT2D eigenvalue weighted by molar-refractivity contribution is -0.127. The topological polar surface area (TPSA) is 66.9 Å². The molecule has 1 fully saturated rings. The molecule has 6 nitrogen and oxygen atoms in total. The number of hydrogen-bond donors (Lipinski definition) is 0. The van der Waals surface area contributed by atoms with Gasteiger partial charge >= 0.3 is 0 Å². The van der Waals surface area contributed by atoms with Crippen LogP contribution < -0.4 is 9.64 Å². The molecule has 0 unspecified atom stereocenters. The fourth-order valence-electron chi connectivity index (χ4n) is 4.34. The number of rotatable bonds is 5. The molecule has 0 atom stereocenters. The highest BCUT2D eigenvalue weighted by Gasteiger charge is 2.37. The quantitative estimate of drug-likeness (QED) is 0.518. The summed E-state index contributed by atoms with van der Waals surface area (Å²) in [6.07, 6.45) is 4.31. The van der Waals surface area contributed by atoms with Crippen molar-refractivity contribution in [2.75, 3.05) is 18.0 Å². The van der Waals surface area contributed by atoms with Crippen LogP contribution in [0.1, 0.15) is 24.8 Å². The first-order valence-corrected chi connectivity index (χ1v) is 12.9. The predicted molar refractivity (Wildman–Crippen MR) is 131 cm³/mol. The molecule has 2 heterocycles. The first-order chi connectivity index (χ1) is 16.5. The van der Waals surface area contributed by atoms with Crippen LogP contribution in [0.15, 0.2) is 94.9 Å². The summed E-state index contributed by atoms with van der Waals surface area (Å²) in [4.78, 5) is 16.6. The molecule has 174 valence electrons. The number of sulfone groups is 1. The maximum Gasteiger partial charge on any atom is 0.267 e. The van der Waals surface area contributed by atoms with Crippen molar-refractivity contribution in [2.45, 2.75) is 30.8 Å². The second kappa shape index (κ2) is 9.35. The van der Waals surface area contributed by atoms with E-state index >= 15 is 0 Å². The Morgan fingerprint density at radius 2 is 1.50 bits per heavy atom. The molecule has 1 amide bonds. The summed E-state index contributed by atoms with van der Waals surface area (Å²) in [5.41, 5.74) is 2.35. The standard InChI is InChI=1S/C27H26N2O4S/c30-27(28-17-7-2-8-18-28)26-19-29(24-11-5-6-12-25(24)34(26,31)32)22-13-15-23(16-14-22)33-20-21-9-3-1-4-10-21/h1,3-6,9-16,19H,2,7-8,17-18,20H2. The van der Waals surface area contributed by atoms with Gasteiger partial charge in [-0.1, -0.05) is 42.5 Å². The van der Waals surface area contributed by atoms with Crippen molar-refractivity contribution in [2.24, 2.45) is 0 Å². The lowest BCUT2D eigenvalue weighted by atomic mass is 10.1. The Labute approximate surface area is 200 Å². The Hall–Kier alpha value is -3.58. The number of amides is 1. The average molecular weight is 475 g/mol. The minimum Gasteiger partial charge on any atom is -0.489 e. The largest absolute Gasteiger partial charge is 0.489 e. The number of nitrogens with zero attached hydrogens (tertiary/aromatic N) is 2. The molecular weight excluding hydrogens is 448 g/mol. The van der Waals surface area contributed by atoms with Crippen LogP contribution >= 0.6 is 0 Å². The maximum absolute atomic E-state index is 13.4. The molecule has 0 bridgehead atoms. The molecule has 0 saturated carbocycles. The predicted octanol–water partition coefficient (Wildman–Crippen LogP) is 5.04. The van der Waals surface area contributed by atoms with E-state index in [2.05, 4.69) is 0 Å². The number of anilines is 2. The Kier molecular flexibility index (Phi) is 6.11. The number of ether oxygens (including phenoxy) is 1. The summed E-state index contributed by atoms with van der Waals surface area (Å²) in [6.45, 7) is 1.63. The zero-order valence-corrected chi connectivity index (χ0v) is 19.6. The Balaban J connectivity index is 1.46. The number of para-hydroxylation sites is 1. The summed E-state index contributed by atoms with van der Waals surface area (Å²) in [6, 6.07) is 24.2. The van der Waals surface area contributed by atoms with Crippen molar-refractivity contribution in [3.8, 4) is 5.75 Å². The van der Waals surface area contributed by atoms with E-state index in [-0.39, 0.29) is 9.80 Å². The van der Waals surface area contributed by atoms with Gasteiger partial charge in [0.05, 0.1) is 10.6 Å². The van der Waals surface area contributed by atoms with Crippen LogP contribution in [0.3, 0.4) is 0 Å². The first-order valence-electron chi connectivity index (χ1n) is 11.5. The van der Waals surface area contributed by atoms with Gasteiger partial charge in [0.1, 0.15) is 12.4 Å². The van der Waals surface area contributed by atoms with Crippen molar-refractivity contribution in [1.82, 2.24) is 4.90 Å². The van der Waals surface area contributed by atoms with Gasteiger partial charge < -0.3 is 14.5 Å². The fourth-order valence-corrected chi connectivity index (χ4v) is 5.88. The van der Waals surface area contributed by atoms with Gasteiger partial charge in [0.2, 0.25) is 9.84 Å². The van der Waals surface area contributed by atoms with Crippen molar-refractivity contribution in [3.05, 3.63) is 95.5 Å². The molecule has 0 spiro atoms. The second-order valence-electron chi connectivity index (χ2n) is 8.46. The Bertz CT molecular complexity index is 1310. The monoisotopic (exact) mass is 474 g/mol. The summed E-state index contributed by atoms with van der Waals surface area (Å²) in [7, 11) is -3.92. The van der Waals surface area contributed by atoms with Gasteiger partial charge in [0.15, 0.2) is 4.91 Å². The van der Waals surface area contributed by atoms with Crippen LogP contribution in [0.25, 0.3) is 0 Å². The number of hydrogen-bond acceptors (Lipinski definition) is 5. The SMILES string of the molecule is O=C(C1=CN(c2ccc(OCc3ccccc3)cc2)c2ccccc2S1(=O)=O)N1CCCCC1. The van der Waals surface area contributed by atoms with E-state index in [0.717, 1.165) is 30.5 Å². The zero-order valence-electron chi connectivity index (χ0n) is 18.8. The molecule has 3 aromatic rings. The number of carbonyl (C=O) groups is 1. The van der Waals surface area contributed by atoms with Gasteiger partial charge in [-0.3, -0.25) is 4.79 Å². The number of fused-ring (bicyclic) bond motifs is 1. The molecule has 5 rings (SSSR count). The van der Waals surface area contributed by atoms with Crippen LogP contribution in [0, 0.1) is 0 Å². The van der Waals surface area contributed by atoms with Gasteiger partial charge in [0.25, 0.3) is 5.91 Å². The summed E-state index contributed by atoms with van der Waals surface area (Å²) in [5.74, 6) is 0.279. The molecule has 1 saturated heterocycles. The minimum absolute atomic E-state index is 0.141. The molecule has 34 heavy (non-hydrogen) atoms. The third-order valence-electron chi connectivity index (χ3n) is 6.17. The van der Waals surface area contributed by atoms with E-state index in [0.29, 0.717) is 31.1 Å². The first kappa shape index (κ1) is 22.2. The van der Waals surface area contributed by atoms with Crippen LogP contribution in [-0.2, 0) is 21.2 Å². The summed E-state index contributed by atoms with van der Waals surface area (Å²) >= 11 is 0. The summed E-state index contributed by atoms with van der Waals surface area (Å²) < 4.78 is 32.6.